The Hall–Kier alpha value is -1.60. The number of ether oxygens (including phenoxy) is 2. The monoisotopic (exact) mass is 280 g/mol. The SMILES string of the molecule is CC1(C)CN(CC2Cn3nc(C(N)=O)cc3O2)CCO1. The molecule has 3 heterocycles. The molecular weight excluding hydrogens is 260 g/mol. The Morgan fingerprint density at radius 2 is 2.40 bits per heavy atom. The second-order valence-electron chi connectivity index (χ2n) is 6.00. The molecule has 2 aliphatic rings. The molecule has 0 saturated carbocycles. The van der Waals surface area contributed by atoms with Gasteiger partial charge in [-0.1, -0.05) is 0 Å². The van der Waals surface area contributed by atoms with Gasteiger partial charge in [0.25, 0.3) is 5.91 Å². The number of nitrogens with zero attached hydrogens (tertiary/aromatic N) is 3. The van der Waals surface area contributed by atoms with Gasteiger partial charge in [0, 0.05) is 25.7 Å². The number of fused-ring (bicyclic) bond motifs is 1. The molecule has 1 saturated heterocycles. The van der Waals surface area contributed by atoms with Crippen LogP contribution in [0.25, 0.3) is 0 Å². The molecule has 7 heteroatoms. The minimum atomic E-state index is -0.526. The van der Waals surface area contributed by atoms with Gasteiger partial charge in [0.05, 0.1) is 18.8 Å². The molecule has 0 spiro atoms. The van der Waals surface area contributed by atoms with Gasteiger partial charge in [-0.25, -0.2) is 4.68 Å². The zero-order valence-electron chi connectivity index (χ0n) is 11.8. The highest BCUT2D eigenvalue weighted by molar-refractivity contribution is 5.91. The normalized spacial score (nSPS) is 25.2. The van der Waals surface area contributed by atoms with E-state index in [0.29, 0.717) is 12.4 Å². The molecule has 1 amide bonds. The van der Waals surface area contributed by atoms with Gasteiger partial charge in [-0.05, 0) is 13.8 Å². The molecule has 2 N–H and O–H groups in total. The average Bonchev–Trinajstić information content (AvgIpc) is 2.85. The van der Waals surface area contributed by atoms with E-state index in [0.717, 1.165) is 26.2 Å². The quantitative estimate of drug-likeness (QED) is 0.833. The third-order valence-electron chi connectivity index (χ3n) is 3.63. The minimum Gasteiger partial charge on any atom is -0.471 e. The van der Waals surface area contributed by atoms with Crippen LogP contribution in [0.2, 0.25) is 0 Å². The Bertz CT molecular complexity index is 502. The third-order valence-corrected chi connectivity index (χ3v) is 3.63. The van der Waals surface area contributed by atoms with E-state index < -0.39 is 5.91 Å². The topological polar surface area (TPSA) is 82.6 Å². The second kappa shape index (κ2) is 4.75. The molecule has 1 fully saturated rings. The van der Waals surface area contributed by atoms with Crippen molar-refractivity contribution in [2.45, 2.75) is 32.1 Å². The van der Waals surface area contributed by atoms with Crippen LogP contribution in [-0.2, 0) is 11.3 Å². The molecule has 7 nitrogen and oxygen atoms in total. The number of hydrogen-bond acceptors (Lipinski definition) is 5. The van der Waals surface area contributed by atoms with Crippen molar-refractivity contribution in [3.05, 3.63) is 11.8 Å². The minimum absolute atomic E-state index is 0.0633. The van der Waals surface area contributed by atoms with Gasteiger partial charge in [-0.3, -0.25) is 9.69 Å². The highest BCUT2D eigenvalue weighted by Gasteiger charge is 2.32. The lowest BCUT2D eigenvalue weighted by atomic mass is 10.1. The van der Waals surface area contributed by atoms with Crippen molar-refractivity contribution in [2.75, 3.05) is 26.2 Å². The Labute approximate surface area is 117 Å². The number of rotatable bonds is 3. The van der Waals surface area contributed by atoms with Crippen molar-refractivity contribution >= 4 is 5.91 Å². The van der Waals surface area contributed by atoms with Crippen LogP contribution in [0.1, 0.15) is 24.3 Å². The maximum Gasteiger partial charge on any atom is 0.269 e. The summed E-state index contributed by atoms with van der Waals surface area (Å²) in [5.41, 5.74) is 5.34. The fraction of sp³-hybridized carbons (Fsp3) is 0.692. The lowest BCUT2D eigenvalue weighted by Crippen LogP contribution is -2.50. The van der Waals surface area contributed by atoms with E-state index in [-0.39, 0.29) is 17.4 Å². The largest absolute Gasteiger partial charge is 0.471 e. The smallest absolute Gasteiger partial charge is 0.269 e. The lowest BCUT2D eigenvalue weighted by Gasteiger charge is -2.38. The molecule has 0 aromatic carbocycles. The Balaban J connectivity index is 1.59. The summed E-state index contributed by atoms with van der Waals surface area (Å²) < 4.78 is 13.2. The van der Waals surface area contributed by atoms with E-state index in [4.69, 9.17) is 15.2 Å². The summed E-state index contributed by atoms with van der Waals surface area (Å²) in [6.07, 6.45) is 0.0633. The van der Waals surface area contributed by atoms with Crippen LogP contribution in [0, 0.1) is 0 Å². The number of amides is 1. The summed E-state index contributed by atoms with van der Waals surface area (Å²) in [6.45, 7) is 8.23. The van der Waals surface area contributed by atoms with Gasteiger partial charge < -0.3 is 15.2 Å². The molecule has 1 aromatic heterocycles. The molecule has 0 bridgehead atoms. The molecule has 3 rings (SSSR count). The van der Waals surface area contributed by atoms with E-state index >= 15 is 0 Å². The van der Waals surface area contributed by atoms with Crippen LogP contribution < -0.4 is 10.5 Å². The number of carbonyl (C=O) groups is 1. The summed E-state index contributed by atoms with van der Waals surface area (Å²) >= 11 is 0. The van der Waals surface area contributed by atoms with E-state index in [1.54, 1.807) is 10.7 Å². The number of morpholine rings is 1. The molecule has 20 heavy (non-hydrogen) atoms. The van der Waals surface area contributed by atoms with Crippen molar-refractivity contribution in [1.29, 1.82) is 0 Å². The van der Waals surface area contributed by atoms with Gasteiger partial charge in [-0.2, -0.15) is 5.10 Å². The number of primary amides is 1. The first-order valence-electron chi connectivity index (χ1n) is 6.83. The average molecular weight is 280 g/mol. The van der Waals surface area contributed by atoms with Crippen LogP contribution in [0.3, 0.4) is 0 Å². The summed E-state index contributed by atoms with van der Waals surface area (Å²) in [5, 5.41) is 4.14. The molecule has 0 radical (unpaired) electrons. The van der Waals surface area contributed by atoms with Crippen molar-refractivity contribution in [2.24, 2.45) is 5.73 Å². The van der Waals surface area contributed by atoms with Gasteiger partial charge in [0.2, 0.25) is 5.88 Å². The first-order valence-corrected chi connectivity index (χ1v) is 6.83. The summed E-state index contributed by atoms with van der Waals surface area (Å²) in [7, 11) is 0. The Morgan fingerprint density at radius 1 is 1.60 bits per heavy atom. The van der Waals surface area contributed by atoms with Crippen LogP contribution in [0.5, 0.6) is 5.88 Å². The Morgan fingerprint density at radius 3 is 3.05 bits per heavy atom. The van der Waals surface area contributed by atoms with Gasteiger partial charge in [0.15, 0.2) is 5.69 Å². The van der Waals surface area contributed by atoms with Gasteiger partial charge >= 0.3 is 0 Å². The molecule has 1 unspecified atom stereocenters. The summed E-state index contributed by atoms with van der Waals surface area (Å²) in [6, 6.07) is 1.60. The van der Waals surface area contributed by atoms with Crippen molar-refractivity contribution in [1.82, 2.24) is 14.7 Å². The Kier molecular flexibility index (Phi) is 3.18. The maximum absolute atomic E-state index is 11.0. The second-order valence-corrected chi connectivity index (χ2v) is 6.00. The fourth-order valence-electron chi connectivity index (χ4n) is 2.80. The number of nitrogens with two attached hydrogens (primary N) is 1. The van der Waals surface area contributed by atoms with E-state index in [2.05, 4.69) is 23.8 Å². The zero-order chi connectivity index (χ0) is 14.3. The first-order chi connectivity index (χ1) is 9.43. The lowest BCUT2D eigenvalue weighted by molar-refractivity contribution is -0.0911. The number of aromatic nitrogens is 2. The van der Waals surface area contributed by atoms with Crippen LogP contribution in [0.4, 0.5) is 0 Å². The fourth-order valence-corrected chi connectivity index (χ4v) is 2.80. The van der Waals surface area contributed by atoms with Gasteiger partial charge in [0.1, 0.15) is 6.10 Å². The molecular formula is C13H20N4O3. The molecule has 1 atom stereocenters. The summed E-state index contributed by atoms with van der Waals surface area (Å²) in [4.78, 5) is 13.4. The van der Waals surface area contributed by atoms with E-state index in [1.165, 1.54) is 0 Å². The van der Waals surface area contributed by atoms with Gasteiger partial charge in [-0.15, -0.1) is 0 Å². The van der Waals surface area contributed by atoms with E-state index in [9.17, 15) is 4.79 Å². The zero-order valence-corrected chi connectivity index (χ0v) is 11.8. The molecule has 1 aromatic rings. The van der Waals surface area contributed by atoms with Crippen molar-refractivity contribution in [3.8, 4) is 5.88 Å². The molecule has 2 aliphatic heterocycles. The molecule has 110 valence electrons. The predicted octanol–water partition coefficient (Wildman–Crippen LogP) is -0.146. The van der Waals surface area contributed by atoms with Crippen LogP contribution >= 0.6 is 0 Å². The highest BCUT2D eigenvalue weighted by atomic mass is 16.5. The van der Waals surface area contributed by atoms with Crippen molar-refractivity contribution in [3.63, 3.8) is 0 Å². The van der Waals surface area contributed by atoms with Crippen LogP contribution in [-0.4, -0.2) is 58.5 Å². The standard InChI is InChI=1S/C13H20N4O3/c1-13(2)8-16(3-4-19-13)6-9-7-17-11(20-9)5-10(15-17)12(14)18/h5,9H,3-4,6-8H2,1-2H3,(H2,14,18). The molecule has 0 aliphatic carbocycles. The first kappa shape index (κ1) is 13.4. The number of hydrogen-bond donors (Lipinski definition) is 1. The third kappa shape index (κ3) is 2.64. The predicted molar refractivity (Wildman–Crippen MR) is 71.6 cm³/mol. The van der Waals surface area contributed by atoms with Crippen LogP contribution in [0.15, 0.2) is 6.07 Å². The number of carbonyl (C=O) groups excluding carboxylic acids is 1. The van der Waals surface area contributed by atoms with E-state index in [1.807, 2.05) is 0 Å². The highest BCUT2D eigenvalue weighted by Crippen LogP contribution is 2.24. The maximum atomic E-state index is 11.0. The summed E-state index contributed by atoms with van der Waals surface area (Å²) in [5.74, 6) is 0.0956. The van der Waals surface area contributed by atoms with Crippen molar-refractivity contribution < 1.29 is 14.3 Å².